The first-order chi connectivity index (χ1) is 10.1. The van der Waals surface area contributed by atoms with E-state index in [0.717, 1.165) is 12.1 Å². The van der Waals surface area contributed by atoms with Crippen LogP contribution in [0.1, 0.15) is 0 Å². The molecule has 0 saturated carbocycles. The van der Waals surface area contributed by atoms with Crippen molar-refractivity contribution < 1.29 is 17.7 Å². The summed E-state index contributed by atoms with van der Waals surface area (Å²) in [7, 11) is 0. The Morgan fingerprint density at radius 3 is 2.48 bits per heavy atom. The standard InChI is InChI=1S/C14H8F3N3O/c15-8-5-4-7(6-10(8)17)13-19-14(21-20-13)12-9(16)2-1-3-11(12)18/h1-6H,18H2. The van der Waals surface area contributed by atoms with Gasteiger partial charge in [-0.1, -0.05) is 11.2 Å². The predicted octanol–water partition coefficient (Wildman–Crippen LogP) is 3.40. The lowest BCUT2D eigenvalue weighted by Crippen LogP contribution is -1.93. The Hall–Kier alpha value is -2.83. The van der Waals surface area contributed by atoms with Crippen LogP contribution >= 0.6 is 0 Å². The third-order valence-electron chi connectivity index (χ3n) is 2.86. The van der Waals surface area contributed by atoms with Crippen LogP contribution in [0.15, 0.2) is 40.9 Å². The van der Waals surface area contributed by atoms with Crippen molar-refractivity contribution in [3.63, 3.8) is 0 Å². The number of hydrogen-bond acceptors (Lipinski definition) is 4. The third kappa shape index (κ3) is 2.33. The van der Waals surface area contributed by atoms with Crippen LogP contribution in [0.5, 0.6) is 0 Å². The van der Waals surface area contributed by atoms with Gasteiger partial charge in [-0.05, 0) is 30.3 Å². The molecule has 0 aliphatic carbocycles. The van der Waals surface area contributed by atoms with E-state index in [-0.39, 0.29) is 28.5 Å². The topological polar surface area (TPSA) is 64.9 Å². The molecule has 1 heterocycles. The molecule has 3 rings (SSSR count). The van der Waals surface area contributed by atoms with E-state index in [2.05, 4.69) is 10.1 Å². The summed E-state index contributed by atoms with van der Waals surface area (Å²) in [5.41, 5.74) is 5.98. The van der Waals surface area contributed by atoms with Crippen LogP contribution in [0.3, 0.4) is 0 Å². The molecule has 2 aromatic carbocycles. The maximum absolute atomic E-state index is 13.7. The van der Waals surface area contributed by atoms with Gasteiger partial charge in [0.25, 0.3) is 5.89 Å². The predicted molar refractivity (Wildman–Crippen MR) is 69.5 cm³/mol. The normalized spacial score (nSPS) is 10.8. The molecule has 21 heavy (non-hydrogen) atoms. The van der Waals surface area contributed by atoms with Gasteiger partial charge in [-0.15, -0.1) is 0 Å². The molecule has 0 spiro atoms. The molecule has 0 unspecified atom stereocenters. The van der Waals surface area contributed by atoms with E-state index in [1.807, 2.05) is 0 Å². The highest BCUT2D eigenvalue weighted by molar-refractivity contribution is 5.72. The highest BCUT2D eigenvalue weighted by Gasteiger charge is 2.17. The molecule has 1 aromatic heterocycles. The molecular weight excluding hydrogens is 283 g/mol. The van der Waals surface area contributed by atoms with E-state index in [9.17, 15) is 13.2 Å². The van der Waals surface area contributed by atoms with Gasteiger partial charge in [0.1, 0.15) is 5.82 Å². The molecule has 0 aliphatic heterocycles. The summed E-state index contributed by atoms with van der Waals surface area (Å²) in [4.78, 5) is 3.96. The molecule has 0 amide bonds. The molecule has 106 valence electrons. The zero-order chi connectivity index (χ0) is 15.0. The smallest absolute Gasteiger partial charge is 0.263 e. The minimum atomic E-state index is -1.04. The second-order valence-electron chi connectivity index (χ2n) is 4.26. The van der Waals surface area contributed by atoms with Crippen LogP contribution in [0.2, 0.25) is 0 Å². The number of hydrogen-bond donors (Lipinski definition) is 1. The quantitative estimate of drug-likeness (QED) is 0.735. The van der Waals surface area contributed by atoms with Crippen molar-refractivity contribution in [2.75, 3.05) is 5.73 Å². The number of nitrogen functional groups attached to an aromatic ring is 1. The fraction of sp³-hybridized carbons (Fsp3) is 0. The lowest BCUT2D eigenvalue weighted by Gasteiger charge is -2.00. The molecule has 0 bridgehead atoms. The fourth-order valence-corrected chi connectivity index (χ4v) is 1.84. The van der Waals surface area contributed by atoms with Gasteiger partial charge < -0.3 is 10.3 Å². The number of halogens is 3. The Kier molecular flexibility index (Phi) is 3.09. The summed E-state index contributed by atoms with van der Waals surface area (Å²) in [6.45, 7) is 0. The summed E-state index contributed by atoms with van der Waals surface area (Å²) in [5, 5.41) is 3.62. The molecule has 3 aromatic rings. The van der Waals surface area contributed by atoms with Crippen LogP contribution in [0.25, 0.3) is 22.8 Å². The fourth-order valence-electron chi connectivity index (χ4n) is 1.84. The van der Waals surface area contributed by atoms with E-state index in [0.29, 0.717) is 0 Å². The maximum atomic E-state index is 13.7. The molecule has 4 nitrogen and oxygen atoms in total. The molecule has 0 saturated heterocycles. The van der Waals surface area contributed by atoms with Gasteiger partial charge in [0.15, 0.2) is 11.6 Å². The molecule has 0 radical (unpaired) electrons. The highest BCUT2D eigenvalue weighted by Crippen LogP contribution is 2.29. The van der Waals surface area contributed by atoms with Crippen LogP contribution < -0.4 is 5.73 Å². The summed E-state index contributed by atoms with van der Waals surface area (Å²) in [6, 6.07) is 7.29. The monoisotopic (exact) mass is 291 g/mol. The summed E-state index contributed by atoms with van der Waals surface area (Å²) >= 11 is 0. The first-order valence-corrected chi connectivity index (χ1v) is 5.90. The molecule has 0 fully saturated rings. The Morgan fingerprint density at radius 1 is 0.952 bits per heavy atom. The molecule has 0 aliphatic rings. The molecule has 0 atom stereocenters. The van der Waals surface area contributed by atoms with Gasteiger partial charge in [-0.3, -0.25) is 0 Å². The summed E-state index contributed by atoms with van der Waals surface area (Å²) < 4.78 is 44.8. The van der Waals surface area contributed by atoms with Crippen molar-refractivity contribution >= 4 is 5.69 Å². The summed E-state index contributed by atoms with van der Waals surface area (Å²) in [5.74, 6) is -2.77. The highest BCUT2D eigenvalue weighted by atomic mass is 19.2. The van der Waals surface area contributed by atoms with Gasteiger partial charge in [-0.2, -0.15) is 4.98 Å². The minimum Gasteiger partial charge on any atom is -0.398 e. The molecule has 2 N–H and O–H groups in total. The lowest BCUT2D eigenvalue weighted by molar-refractivity contribution is 0.430. The van der Waals surface area contributed by atoms with E-state index < -0.39 is 17.5 Å². The Labute approximate surface area is 117 Å². The number of aromatic nitrogens is 2. The van der Waals surface area contributed by atoms with E-state index in [1.165, 1.54) is 24.3 Å². The first-order valence-electron chi connectivity index (χ1n) is 5.90. The Morgan fingerprint density at radius 2 is 1.76 bits per heavy atom. The van der Waals surface area contributed by atoms with Gasteiger partial charge in [0.2, 0.25) is 5.82 Å². The molecule has 7 heteroatoms. The van der Waals surface area contributed by atoms with Crippen molar-refractivity contribution in [2.24, 2.45) is 0 Å². The van der Waals surface area contributed by atoms with Gasteiger partial charge >= 0.3 is 0 Å². The number of nitrogens with zero attached hydrogens (tertiary/aromatic N) is 2. The number of benzene rings is 2. The summed E-state index contributed by atoms with van der Waals surface area (Å²) in [6.07, 6.45) is 0. The second kappa shape index (κ2) is 4.93. The average molecular weight is 291 g/mol. The van der Waals surface area contributed by atoms with Crippen molar-refractivity contribution in [3.05, 3.63) is 53.8 Å². The van der Waals surface area contributed by atoms with Crippen LogP contribution in [0.4, 0.5) is 18.9 Å². The SMILES string of the molecule is Nc1cccc(F)c1-c1nc(-c2ccc(F)c(F)c2)no1. The van der Waals surface area contributed by atoms with Crippen molar-refractivity contribution in [3.8, 4) is 22.8 Å². The largest absolute Gasteiger partial charge is 0.398 e. The van der Waals surface area contributed by atoms with Crippen LogP contribution in [0, 0.1) is 17.5 Å². The number of rotatable bonds is 2. The maximum Gasteiger partial charge on any atom is 0.263 e. The average Bonchev–Trinajstić information content (AvgIpc) is 2.91. The van der Waals surface area contributed by atoms with Crippen molar-refractivity contribution in [1.82, 2.24) is 10.1 Å². The van der Waals surface area contributed by atoms with Crippen molar-refractivity contribution in [1.29, 1.82) is 0 Å². The van der Waals surface area contributed by atoms with E-state index in [4.69, 9.17) is 10.3 Å². The van der Waals surface area contributed by atoms with Crippen LogP contribution in [-0.4, -0.2) is 10.1 Å². The van der Waals surface area contributed by atoms with Gasteiger partial charge in [0.05, 0.1) is 5.56 Å². The minimum absolute atomic E-state index is 0.00607. The Bertz CT molecular complexity index is 797. The van der Waals surface area contributed by atoms with Gasteiger partial charge in [0, 0.05) is 11.3 Å². The number of nitrogens with two attached hydrogens (primary N) is 1. The van der Waals surface area contributed by atoms with E-state index in [1.54, 1.807) is 0 Å². The van der Waals surface area contributed by atoms with Crippen LogP contribution in [-0.2, 0) is 0 Å². The van der Waals surface area contributed by atoms with Crippen molar-refractivity contribution in [2.45, 2.75) is 0 Å². The van der Waals surface area contributed by atoms with Gasteiger partial charge in [-0.25, -0.2) is 13.2 Å². The first kappa shape index (κ1) is 13.2. The zero-order valence-corrected chi connectivity index (χ0v) is 10.5. The Balaban J connectivity index is 2.06. The number of anilines is 1. The zero-order valence-electron chi connectivity index (χ0n) is 10.5. The molecular formula is C14H8F3N3O. The third-order valence-corrected chi connectivity index (χ3v) is 2.86. The van der Waals surface area contributed by atoms with E-state index >= 15 is 0 Å². The second-order valence-corrected chi connectivity index (χ2v) is 4.26. The lowest BCUT2D eigenvalue weighted by atomic mass is 10.1.